The molecule has 2 heterocycles. The molecule has 0 unspecified atom stereocenters. The van der Waals surface area contributed by atoms with Crippen LogP contribution in [-0.4, -0.2) is 71.9 Å². The van der Waals surface area contributed by atoms with Crippen molar-refractivity contribution in [1.29, 1.82) is 0 Å². The van der Waals surface area contributed by atoms with Crippen LogP contribution in [0.2, 0.25) is 0 Å². The van der Waals surface area contributed by atoms with Crippen molar-refractivity contribution in [2.75, 3.05) is 45.9 Å². The van der Waals surface area contributed by atoms with Crippen LogP contribution in [-0.2, 0) is 0 Å². The zero-order valence-corrected chi connectivity index (χ0v) is 16.3. The van der Waals surface area contributed by atoms with Gasteiger partial charge in [0.25, 0.3) is 5.91 Å². The van der Waals surface area contributed by atoms with Crippen LogP contribution in [0.1, 0.15) is 22.2 Å². The van der Waals surface area contributed by atoms with E-state index in [1.807, 2.05) is 24.0 Å². The number of fused-ring (bicyclic) bond motifs is 1. The molecule has 1 saturated heterocycles. The van der Waals surface area contributed by atoms with Crippen molar-refractivity contribution in [2.45, 2.75) is 13.8 Å². The molecule has 6 heteroatoms. The van der Waals surface area contributed by atoms with E-state index >= 15 is 0 Å². The van der Waals surface area contributed by atoms with Gasteiger partial charge in [0.2, 0.25) is 0 Å². The Balaban J connectivity index is 1.76. The van der Waals surface area contributed by atoms with Gasteiger partial charge in [0, 0.05) is 43.4 Å². The average molecular weight is 377 g/mol. The Labute approximate surface area is 158 Å². The number of nitrogens with zero attached hydrogens (tertiary/aromatic N) is 2. The second kappa shape index (κ2) is 8.48. The summed E-state index contributed by atoms with van der Waals surface area (Å²) in [7, 11) is 0. The topological polar surface area (TPSA) is 64.0 Å². The molecular weight excluding hydrogens is 348 g/mol. The second-order valence-corrected chi connectivity index (χ2v) is 8.13. The maximum Gasteiger partial charge on any atom is 0.264 e. The number of benzene rings is 1. The summed E-state index contributed by atoms with van der Waals surface area (Å²) in [6, 6.07) is 8.13. The quantitative estimate of drug-likeness (QED) is 0.778. The molecule has 1 aromatic heterocycles. The number of rotatable bonds is 7. The smallest absolute Gasteiger partial charge is 0.264 e. The van der Waals surface area contributed by atoms with Gasteiger partial charge in [0.05, 0.1) is 11.5 Å². The lowest BCUT2D eigenvalue weighted by Gasteiger charge is -2.25. The van der Waals surface area contributed by atoms with E-state index in [2.05, 4.69) is 24.0 Å². The Bertz CT molecular complexity index is 761. The third kappa shape index (κ3) is 3.78. The van der Waals surface area contributed by atoms with Crippen LogP contribution in [0.15, 0.2) is 24.3 Å². The minimum absolute atomic E-state index is 0.0786. The van der Waals surface area contributed by atoms with Crippen LogP contribution in [0.3, 0.4) is 0 Å². The number of hydrogen-bond donors (Lipinski definition) is 2. The molecule has 0 saturated carbocycles. The average Bonchev–Trinajstić information content (AvgIpc) is 3.22. The van der Waals surface area contributed by atoms with Gasteiger partial charge >= 0.3 is 0 Å². The number of hydrogen-bond acceptors (Lipinski definition) is 5. The van der Waals surface area contributed by atoms with E-state index in [9.17, 15) is 15.0 Å². The first-order valence-corrected chi connectivity index (χ1v) is 10.1. The van der Waals surface area contributed by atoms with Crippen molar-refractivity contribution in [3.05, 3.63) is 34.7 Å². The highest BCUT2D eigenvalue weighted by molar-refractivity contribution is 7.21. The van der Waals surface area contributed by atoms with Crippen molar-refractivity contribution >= 4 is 27.3 Å². The SMILES string of the molecule is CCN(CCO)C[C@@H]1CN(C(=O)c2sc3ccccc3c2C)C[C@@H]1CO. The number of aliphatic hydroxyl groups excluding tert-OH is 2. The molecule has 0 spiro atoms. The zero-order chi connectivity index (χ0) is 18.7. The monoisotopic (exact) mass is 376 g/mol. The first-order chi connectivity index (χ1) is 12.6. The van der Waals surface area contributed by atoms with Crippen LogP contribution < -0.4 is 0 Å². The van der Waals surface area contributed by atoms with Gasteiger partial charge in [-0.2, -0.15) is 0 Å². The van der Waals surface area contributed by atoms with E-state index in [-0.39, 0.29) is 31.0 Å². The lowest BCUT2D eigenvalue weighted by Crippen LogP contribution is -2.36. The molecule has 0 aliphatic carbocycles. The Morgan fingerprint density at radius 1 is 1.27 bits per heavy atom. The molecule has 5 nitrogen and oxygen atoms in total. The van der Waals surface area contributed by atoms with Crippen molar-refractivity contribution < 1.29 is 15.0 Å². The Morgan fingerprint density at radius 3 is 2.65 bits per heavy atom. The lowest BCUT2D eigenvalue weighted by atomic mass is 9.96. The summed E-state index contributed by atoms with van der Waals surface area (Å²) in [5, 5.41) is 20.1. The molecule has 2 N–H and O–H groups in total. The van der Waals surface area contributed by atoms with Crippen molar-refractivity contribution in [3.63, 3.8) is 0 Å². The Kier molecular flexibility index (Phi) is 6.29. The molecule has 142 valence electrons. The predicted octanol–water partition coefficient (Wildman–Crippen LogP) is 2.20. The Hall–Kier alpha value is -1.47. The van der Waals surface area contributed by atoms with E-state index < -0.39 is 0 Å². The van der Waals surface area contributed by atoms with E-state index in [4.69, 9.17) is 0 Å². The molecule has 0 radical (unpaired) electrons. The summed E-state index contributed by atoms with van der Waals surface area (Å²) in [5.41, 5.74) is 1.05. The van der Waals surface area contributed by atoms with Gasteiger partial charge in [-0.25, -0.2) is 0 Å². The second-order valence-electron chi connectivity index (χ2n) is 7.08. The summed E-state index contributed by atoms with van der Waals surface area (Å²) in [6.45, 7) is 7.88. The molecule has 0 bridgehead atoms. The molecule has 1 fully saturated rings. The standard InChI is InChI=1S/C20H28N2O3S/c1-3-21(8-9-23)10-15-11-22(12-16(15)13-24)20(25)19-14(2)17-6-4-5-7-18(17)26-19/h4-7,15-16,23-24H,3,8-13H2,1-2H3/t15-,16-/m1/s1. The normalized spacial score (nSPS) is 20.4. The van der Waals surface area contributed by atoms with Gasteiger partial charge in [-0.15, -0.1) is 11.3 Å². The number of amides is 1. The number of likely N-dealkylation sites (N-methyl/N-ethyl adjacent to an activating group) is 1. The minimum atomic E-state index is 0.0786. The maximum absolute atomic E-state index is 13.1. The fourth-order valence-electron chi connectivity index (χ4n) is 3.89. The predicted molar refractivity (Wildman–Crippen MR) is 106 cm³/mol. The molecule has 3 rings (SSSR count). The Morgan fingerprint density at radius 2 is 2.00 bits per heavy atom. The molecule has 1 aliphatic rings. The molecule has 26 heavy (non-hydrogen) atoms. The third-order valence-corrected chi connectivity index (χ3v) is 6.75. The molecule has 1 amide bonds. The van der Waals surface area contributed by atoms with Crippen LogP contribution in [0.4, 0.5) is 0 Å². The van der Waals surface area contributed by atoms with E-state index in [1.165, 1.54) is 0 Å². The minimum Gasteiger partial charge on any atom is -0.396 e. The highest BCUT2D eigenvalue weighted by atomic mass is 32.1. The first kappa shape index (κ1) is 19.3. The number of thiophene rings is 1. The van der Waals surface area contributed by atoms with Crippen molar-refractivity contribution in [3.8, 4) is 0 Å². The number of aliphatic hydroxyl groups is 2. The molecule has 2 atom stereocenters. The zero-order valence-electron chi connectivity index (χ0n) is 15.5. The number of likely N-dealkylation sites (tertiary alicyclic amines) is 1. The molecule has 1 aromatic carbocycles. The lowest BCUT2D eigenvalue weighted by molar-refractivity contribution is 0.0782. The fraction of sp³-hybridized carbons (Fsp3) is 0.550. The van der Waals surface area contributed by atoms with E-state index in [1.54, 1.807) is 11.3 Å². The number of aryl methyl sites for hydroxylation is 1. The van der Waals surface area contributed by atoms with Gasteiger partial charge in [-0.1, -0.05) is 25.1 Å². The molecule has 1 aliphatic heterocycles. The fourth-order valence-corrected chi connectivity index (χ4v) is 5.07. The van der Waals surface area contributed by atoms with Crippen molar-refractivity contribution in [1.82, 2.24) is 9.80 Å². The highest BCUT2D eigenvalue weighted by Crippen LogP contribution is 2.33. The van der Waals surface area contributed by atoms with Crippen LogP contribution in [0, 0.1) is 18.8 Å². The summed E-state index contributed by atoms with van der Waals surface area (Å²) >= 11 is 1.56. The van der Waals surface area contributed by atoms with Crippen LogP contribution >= 0.6 is 11.3 Å². The van der Waals surface area contributed by atoms with Crippen LogP contribution in [0.5, 0.6) is 0 Å². The summed E-state index contributed by atoms with van der Waals surface area (Å²) in [6.07, 6.45) is 0. The van der Waals surface area contributed by atoms with Gasteiger partial charge in [0.1, 0.15) is 0 Å². The van der Waals surface area contributed by atoms with Gasteiger partial charge in [0.15, 0.2) is 0 Å². The van der Waals surface area contributed by atoms with Crippen molar-refractivity contribution in [2.24, 2.45) is 11.8 Å². The first-order valence-electron chi connectivity index (χ1n) is 9.30. The summed E-state index contributed by atoms with van der Waals surface area (Å²) in [5.74, 6) is 0.418. The molecule has 2 aromatic rings. The van der Waals surface area contributed by atoms with Gasteiger partial charge < -0.3 is 20.0 Å². The number of carbonyl (C=O) groups excluding carboxylic acids is 1. The maximum atomic E-state index is 13.1. The van der Waals surface area contributed by atoms with E-state index in [0.29, 0.717) is 19.6 Å². The summed E-state index contributed by atoms with van der Waals surface area (Å²) < 4.78 is 1.14. The third-order valence-electron chi connectivity index (χ3n) is 5.49. The molecular formula is C20H28N2O3S. The van der Waals surface area contributed by atoms with Crippen LogP contribution in [0.25, 0.3) is 10.1 Å². The van der Waals surface area contributed by atoms with Gasteiger partial charge in [-0.05, 0) is 36.4 Å². The number of carbonyl (C=O) groups is 1. The van der Waals surface area contributed by atoms with Gasteiger partial charge in [-0.3, -0.25) is 4.79 Å². The highest BCUT2D eigenvalue weighted by Gasteiger charge is 2.36. The largest absolute Gasteiger partial charge is 0.396 e. The van der Waals surface area contributed by atoms with E-state index in [0.717, 1.165) is 33.6 Å². The summed E-state index contributed by atoms with van der Waals surface area (Å²) in [4.78, 5) is 18.0.